The van der Waals surface area contributed by atoms with Crippen LogP contribution in [-0.4, -0.2) is 53.1 Å². The van der Waals surface area contributed by atoms with Gasteiger partial charge in [0.25, 0.3) is 5.91 Å². The second-order valence-corrected chi connectivity index (χ2v) is 8.06. The molecule has 2 atom stereocenters. The van der Waals surface area contributed by atoms with Crippen molar-refractivity contribution in [2.24, 2.45) is 5.41 Å². The van der Waals surface area contributed by atoms with Crippen molar-refractivity contribution in [2.45, 2.75) is 58.3 Å². The minimum absolute atomic E-state index is 0.0201. The lowest BCUT2D eigenvalue weighted by molar-refractivity contribution is -0.157. The fourth-order valence-electron chi connectivity index (χ4n) is 3.93. The lowest BCUT2D eigenvalue weighted by atomic mass is 9.66. The van der Waals surface area contributed by atoms with Crippen LogP contribution in [0.1, 0.15) is 55.5 Å². The van der Waals surface area contributed by atoms with Crippen molar-refractivity contribution >= 4 is 17.8 Å². The number of amides is 2. The van der Waals surface area contributed by atoms with Crippen molar-refractivity contribution in [3.63, 3.8) is 0 Å². The Hall–Kier alpha value is -2.41. The number of ether oxygens (including phenoxy) is 1. The lowest BCUT2D eigenvalue weighted by Crippen LogP contribution is -2.48. The van der Waals surface area contributed by atoms with Crippen LogP contribution in [0.25, 0.3) is 0 Å². The van der Waals surface area contributed by atoms with Crippen LogP contribution in [-0.2, 0) is 20.9 Å². The largest absolute Gasteiger partial charge is 0.481 e. The third-order valence-electron chi connectivity index (χ3n) is 5.66. The van der Waals surface area contributed by atoms with Gasteiger partial charge in [-0.25, -0.2) is 0 Å². The van der Waals surface area contributed by atoms with E-state index in [0.717, 1.165) is 12.0 Å². The van der Waals surface area contributed by atoms with Crippen molar-refractivity contribution in [1.82, 2.24) is 10.2 Å². The average Bonchev–Trinajstić information content (AvgIpc) is 2.61. The van der Waals surface area contributed by atoms with Gasteiger partial charge in [-0.2, -0.15) is 0 Å². The molecule has 2 fully saturated rings. The van der Waals surface area contributed by atoms with Gasteiger partial charge in [0.15, 0.2) is 0 Å². The smallest absolute Gasteiger partial charge is 0.310 e. The number of benzene rings is 1. The highest BCUT2D eigenvalue weighted by atomic mass is 16.5. The van der Waals surface area contributed by atoms with Gasteiger partial charge in [-0.15, -0.1) is 0 Å². The maximum atomic E-state index is 12.7. The Balaban J connectivity index is 1.52. The number of hydrogen-bond acceptors (Lipinski definition) is 4. The van der Waals surface area contributed by atoms with E-state index in [4.69, 9.17) is 4.74 Å². The number of nitrogens with zero attached hydrogens (tertiary/aromatic N) is 1. The van der Waals surface area contributed by atoms with E-state index in [0.29, 0.717) is 38.0 Å². The van der Waals surface area contributed by atoms with Crippen LogP contribution < -0.4 is 5.32 Å². The Morgan fingerprint density at radius 3 is 2.25 bits per heavy atom. The predicted octanol–water partition coefficient (Wildman–Crippen LogP) is 2.20. The number of rotatable bonds is 6. The SMILES string of the molecule is CC1CN(C(=O)c2ccc(CNC(=O)CC3(C(=O)O)CCC3)cc2)CC(C)O1. The Morgan fingerprint density at radius 1 is 1.14 bits per heavy atom. The van der Waals surface area contributed by atoms with Crippen molar-refractivity contribution in [2.75, 3.05) is 13.1 Å². The summed E-state index contributed by atoms with van der Waals surface area (Å²) >= 11 is 0. The van der Waals surface area contributed by atoms with Crippen LogP contribution >= 0.6 is 0 Å². The minimum atomic E-state index is -0.886. The van der Waals surface area contributed by atoms with Crippen molar-refractivity contribution in [1.29, 1.82) is 0 Å². The molecule has 1 aromatic rings. The summed E-state index contributed by atoms with van der Waals surface area (Å²) in [7, 11) is 0. The summed E-state index contributed by atoms with van der Waals surface area (Å²) in [6.07, 6.45) is 2.04. The monoisotopic (exact) mass is 388 g/mol. The van der Waals surface area contributed by atoms with Crippen LogP contribution in [0.15, 0.2) is 24.3 Å². The first kappa shape index (κ1) is 20.3. The number of carbonyl (C=O) groups excluding carboxylic acids is 2. The van der Waals surface area contributed by atoms with Crippen LogP contribution in [0.4, 0.5) is 0 Å². The molecule has 152 valence electrons. The predicted molar refractivity (Wildman–Crippen MR) is 103 cm³/mol. The molecule has 7 nitrogen and oxygen atoms in total. The van der Waals surface area contributed by atoms with Gasteiger partial charge in [-0.05, 0) is 44.4 Å². The molecule has 2 N–H and O–H groups in total. The van der Waals surface area contributed by atoms with Gasteiger partial charge < -0.3 is 20.1 Å². The molecule has 3 rings (SSSR count). The van der Waals surface area contributed by atoms with Gasteiger partial charge in [-0.1, -0.05) is 18.6 Å². The maximum Gasteiger partial charge on any atom is 0.310 e. The standard InChI is InChI=1S/C21H28N2O5/c1-14-12-23(13-15(2)28-14)19(25)17-6-4-16(5-7-17)11-22-18(24)10-21(20(26)27)8-3-9-21/h4-7,14-15H,3,8-13H2,1-2H3,(H,22,24)(H,26,27). The molecule has 1 heterocycles. The van der Waals surface area contributed by atoms with E-state index in [9.17, 15) is 19.5 Å². The van der Waals surface area contributed by atoms with E-state index in [1.807, 2.05) is 26.0 Å². The highest BCUT2D eigenvalue weighted by Crippen LogP contribution is 2.44. The number of carbonyl (C=O) groups is 3. The summed E-state index contributed by atoms with van der Waals surface area (Å²) in [6.45, 7) is 5.38. The van der Waals surface area contributed by atoms with Crippen molar-refractivity contribution in [3.8, 4) is 0 Å². The van der Waals surface area contributed by atoms with Crippen molar-refractivity contribution in [3.05, 3.63) is 35.4 Å². The number of nitrogens with one attached hydrogen (secondary N) is 1. The van der Waals surface area contributed by atoms with Gasteiger partial charge >= 0.3 is 5.97 Å². The Kier molecular flexibility index (Phi) is 6.03. The quantitative estimate of drug-likeness (QED) is 0.779. The van der Waals surface area contributed by atoms with Crippen LogP contribution in [0.2, 0.25) is 0 Å². The first-order chi connectivity index (χ1) is 13.3. The molecule has 2 aliphatic rings. The number of carboxylic acid groups (broad SMARTS) is 1. The minimum Gasteiger partial charge on any atom is -0.481 e. The summed E-state index contributed by atoms with van der Waals surface area (Å²) in [5, 5.41) is 12.1. The van der Waals surface area contributed by atoms with Gasteiger partial charge in [0, 0.05) is 31.6 Å². The molecule has 0 spiro atoms. The molecule has 1 aliphatic carbocycles. The molecule has 0 aromatic heterocycles. The third kappa shape index (κ3) is 4.52. The number of hydrogen-bond donors (Lipinski definition) is 2. The molecule has 28 heavy (non-hydrogen) atoms. The molecular weight excluding hydrogens is 360 g/mol. The molecule has 1 aliphatic heterocycles. The van der Waals surface area contributed by atoms with Gasteiger partial charge in [0.1, 0.15) is 0 Å². The summed E-state index contributed by atoms with van der Waals surface area (Å²) in [5.41, 5.74) is 0.592. The van der Waals surface area contributed by atoms with Gasteiger partial charge in [0.05, 0.1) is 17.6 Å². The summed E-state index contributed by atoms with van der Waals surface area (Å²) in [5.74, 6) is -1.16. The first-order valence-corrected chi connectivity index (χ1v) is 9.83. The number of carboxylic acids is 1. The Morgan fingerprint density at radius 2 is 1.75 bits per heavy atom. The molecular formula is C21H28N2O5. The normalized spacial score (nSPS) is 23.6. The Labute approximate surface area is 165 Å². The average molecular weight is 388 g/mol. The van der Waals surface area contributed by atoms with E-state index in [1.54, 1.807) is 17.0 Å². The van der Waals surface area contributed by atoms with Crippen LogP contribution in [0.3, 0.4) is 0 Å². The summed E-state index contributed by atoms with van der Waals surface area (Å²) < 4.78 is 5.67. The maximum absolute atomic E-state index is 12.7. The summed E-state index contributed by atoms with van der Waals surface area (Å²) in [4.78, 5) is 38.0. The Bertz CT molecular complexity index is 732. The molecule has 0 radical (unpaired) electrons. The fraction of sp³-hybridized carbons (Fsp3) is 0.571. The second-order valence-electron chi connectivity index (χ2n) is 8.06. The highest BCUT2D eigenvalue weighted by molar-refractivity contribution is 5.94. The molecule has 1 saturated heterocycles. The number of morpholine rings is 1. The molecule has 1 aromatic carbocycles. The fourth-order valence-corrected chi connectivity index (χ4v) is 3.93. The topological polar surface area (TPSA) is 95.9 Å². The van der Waals surface area contributed by atoms with E-state index >= 15 is 0 Å². The lowest BCUT2D eigenvalue weighted by Gasteiger charge is -2.36. The number of aliphatic carboxylic acids is 1. The van der Waals surface area contributed by atoms with E-state index in [1.165, 1.54) is 0 Å². The van der Waals surface area contributed by atoms with Gasteiger partial charge in [0.2, 0.25) is 5.91 Å². The molecule has 0 bridgehead atoms. The van der Waals surface area contributed by atoms with E-state index in [-0.39, 0.29) is 30.4 Å². The third-order valence-corrected chi connectivity index (χ3v) is 5.66. The molecule has 2 amide bonds. The molecule has 1 saturated carbocycles. The zero-order valence-corrected chi connectivity index (χ0v) is 16.4. The van der Waals surface area contributed by atoms with E-state index < -0.39 is 11.4 Å². The van der Waals surface area contributed by atoms with Crippen LogP contribution in [0, 0.1) is 5.41 Å². The van der Waals surface area contributed by atoms with Crippen molar-refractivity contribution < 1.29 is 24.2 Å². The zero-order chi connectivity index (χ0) is 20.3. The molecule has 2 unspecified atom stereocenters. The summed E-state index contributed by atoms with van der Waals surface area (Å²) in [6, 6.07) is 7.16. The second kappa shape index (κ2) is 8.31. The molecule has 7 heteroatoms. The zero-order valence-electron chi connectivity index (χ0n) is 16.4. The van der Waals surface area contributed by atoms with E-state index in [2.05, 4.69) is 5.32 Å². The first-order valence-electron chi connectivity index (χ1n) is 9.83. The highest BCUT2D eigenvalue weighted by Gasteiger charge is 2.45. The van der Waals surface area contributed by atoms with Crippen LogP contribution in [0.5, 0.6) is 0 Å². The van der Waals surface area contributed by atoms with Gasteiger partial charge in [-0.3, -0.25) is 14.4 Å².